The lowest BCUT2D eigenvalue weighted by atomic mass is 10.1. The summed E-state index contributed by atoms with van der Waals surface area (Å²) in [6, 6.07) is 6.82. The van der Waals surface area contributed by atoms with Gasteiger partial charge in [0.1, 0.15) is 0 Å². The normalized spacial score (nSPS) is 30.7. The highest BCUT2D eigenvalue weighted by molar-refractivity contribution is 7.99. The van der Waals surface area contributed by atoms with E-state index in [-0.39, 0.29) is 0 Å². The highest BCUT2D eigenvalue weighted by Gasteiger charge is 2.32. The monoisotopic (exact) mass is 222 g/mol. The summed E-state index contributed by atoms with van der Waals surface area (Å²) in [6.45, 7) is 2.34. The van der Waals surface area contributed by atoms with Crippen LogP contribution in [0.15, 0.2) is 29.4 Å². The second kappa shape index (κ2) is 4.99. The van der Waals surface area contributed by atoms with E-state index in [9.17, 15) is 0 Å². The van der Waals surface area contributed by atoms with E-state index in [1.807, 2.05) is 24.0 Å². The SMILES string of the molecule is CNC1CCC(Sc2ccccn2)C1C. The number of hydrogen-bond acceptors (Lipinski definition) is 3. The van der Waals surface area contributed by atoms with Crippen molar-refractivity contribution in [2.75, 3.05) is 7.05 Å². The molecule has 1 saturated carbocycles. The van der Waals surface area contributed by atoms with Crippen molar-refractivity contribution in [1.29, 1.82) is 0 Å². The molecular weight excluding hydrogens is 204 g/mol. The van der Waals surface area contributed by atoms with Crippen LogP contribution in [0.25, 0.3) is 0 Å². The van der Waals surface area contributed by atoms with E-state index in [1.165, 1.54) is 12.8 Å². The number of rotatable bonds is 3. The molecule has 3 unspecified atom stereocenters. The van der Waals surface area contributed by atoms with E-state index in [1.54, 1.807) is 0 Å². The van der Waals surface area contributed by atoms with Gasteiger partial charge in [0.25, 0.3) is 0 Å². The summed E-state index contributed by atoms with van der Waals surface area (Å²) in [5, 5.41) is 5.27. The summed E-state index contributed by atoms with van der Waals surface area (Å²) in [5.41, 5.74) is 0. The molecule has 1 aliphatic rings. The highest BCUT2D eigenvalue weighted by atomic mass is 32.2. The number of nitrogens with one attached hydrogen (secondary N) is 1. The summed E-state index contributed by atoms with van der Waals surface area (Å²) in [6.07, 6.45) is 4.47. The van der Waals surface area contributed by atoms with Crippen LogP contribution in [0.1, 0.15) is 19.8 Å². The molecule has 0 spiro atoms. The van der Waals surface area contributed by atoms with Gasteiger partial charge in [0.2, 0.25) is 0 Å². The molecule has 0 bridgehead atoms. The first-order valence-electron chi connectivity index (χ1n) is 5.56. The van der Waals surface area contributed by atoms with Crippen LogP contribution in [-0.2, 0) is 0 Å². The predicted octanol–water partition coefficient (Wildman–Crippen LogP) is 2.56. The third kappa shape index (κ3) is 2.52. The Balaban J connectivity index is 1.96. The molecule has 0 radical (unpaired) electrons. The molecule has 15 heavy (non-hydrogen) atoms. The minimum Gasteiger partial charge on any atom is -0.317 e. The second-order valence-corrected chi connectivity index (χ2v) is 5.42. The molecule has 82 valence electrons. The number of thioether (sulfide) groups is 1. The fraction of sp³-hybridized carbons (Fsp3) is 0.583. The molecular formula is C12H18N2S. The van der Waals surface area contributed by atoms with Gasteiger partial charge in [-0.15, -0.1) is 11.8 Å². The molecule has 1 fully saturated rings. The zero-order valence-electron chi connectivity index (χ0n) is 9.31. The van der Waals surface area contributed by atoms with Crippen LogP contribution < -0.4 is 5.32 Å². The van der Waals surface area contributed by atoms with E-state index < -0.39 is 0 Å². The number of pyridine rings is 1. The van der Waals surface area contributed by atoms with E-state index in [0.717, 1.165) is 16.2 Å². The van der Waals surface area contributed by atoms with E-state index in [0.29, 0.717) is 6.04 Å². The number of hydrogen-bond donors (Lipinski definition) is 1. The van der Waals surface area contributed by atoms with Crippen LogP contribution in [0.4, 0.5) is 0 Å². The van der Waals surface area contributed by atoms with Crippen molar-refractivity contribution in [3.63, 3.8) is 0 Å². The third-order valence-electron chi connectivity index (χ3n) is 3.26. The van der Waals surface area contributed by atoms with Crippen molar-refractivity contribution < 1.29 is 0 Å². The van der Waals surface area contributed by atoms with Crippen LogP contribution in [-0.4, -0.2) is 23.3 Å². The average Bonchev–Trinajstić information content (AvgIpc) is 2.62. The second-order valence-electron chi connectivity index (χ2n) is 4.16. The van der Waals surface area contributed by atoms with Crippen LogP contribution in [0.3, 0.4) is 0 Å². The Morgan fingerprint density at radius 2 is 2.27 bits per heavy atom. The van der Waals surface area contributed by atoms with Gasteiger partial charge >= 0.3 is 0 Å². The van der Waals surface area contributed by atoms with Gasteiger partial charge in [0.15, 0.2) is 0 Å². The van der Waals surface area contributed by atoms with Crippen LogP contribution in [0.2, 0.25) is 0 Å². The van der Waals surface area contributed by atoms with Crippen molar-refractivity contribution in [2.45, 2.75) is 36.1 Å². The van der Waals surface area contributed by atoms with Crippen LogP contribution in [0.5, 0.6) is 0 Å². The fourth-order valence-electron chi connectivity index (χ4n) is 2.27. The standard InChI is InChI=1S/C12H18N2S/c1-9-10(13-2)6-7-11(9)15-12-5-3-4-8-14-12/h3-5,8-11,13H,6-7H2,1-2H3. The van der Waals surface area contributed by atoms with Gasteiger partial charge in [-0.2, -0.15) is 0 Å². The Bertz CT molecular complexity index is 302. The quantitative estimate of drug-likeness (QED) is 0.851. The van der Waals surface area contributed by atoms with Gasteiger partial charge in [0.05, 0.1) is 5.03 Å². The summed E-state index contributed by atoms with van der Waals surface area (Å²) >= 11 is 1.93. The third-order valence-corrected chi connectivity index (χ3v) is 4.71. The van der Waals surface area contributed by atoms with Crippen molar-refractivity contribution in [1.82, 2.24) is 10.3 Å². The lowest BCUT2D eigenvalue weighted by Gasteiger charge is -2.19. The zero-order valence-corrected chi connectivity index (χ0v) is 10.1. The lowest BCUT2D eigenvalue weighted by molar-refractivity contribution is 0.464. The molecule has 1 N–H and O–H groups in total. The first-order valence-corrected chi connectivity index (χ1v) is 6.44. The van der Waals surface area contributed by atoms with Gasteiger partial charge in [-0.3, -0.25) is 0 Å². The molecule has 3 heteroatoms. The minimum absolute atomic E-state index is 0.686. The summed E-state index contributed by atoms with van der Waals surface area (Å²) in [5.74, 6) is 0.738. The number of nitrogens with zero attached hydrogens (tertiary/aromatic N) is 1. The lowest BCUT2D eigenvalue weighted by Crippen LogP contribution is -2.30. The Morgan fingerprint density at radius 1 is 1.40 bits per heavy atom. The molecule has 0 aromatic carbocycles. The van der Waals surface area contributed by atoms with Crippen molar-refractivity contribution in [2.24, 2.45) is 5.92 Å². The molecule has 0 aliphatic heterocycles. The highest BCUT2D eigenvalue weighted by Crippen LogP contribution is 2.37. The molecule has 0 saturated heterocycles. The first-order chi connectivity index (χ1) is 7.31. The Hall–Kier alpha value is -0.540. The van der Waals surface area contributed by atoms with E-state index in [2.05, 4.69) is 36.4 Å². The van der Waals surface area contributed by atoms with Gasteiger partial charge < -0.3 is 5.32 Å². The van der Waals surface area contributed by atoms with Crippen molar-refractivity contribution >= 4 is 11.8 Å². The minimum atomic E-state index is 0.686. The number of aromatic nitrogens is 1. The fourth-order valence-corrected chi connectivity index (χ4v) is 3.52. The molecule has 1 heterocycles. The van der Waals surface area contributed by atoms with Crippen molar-refractivity contribution in [3.05, 3.63) is 24.4 Å². The first kappa shape index (κ1) is 11.0. The van der Waals surface area contributed by atoms with E-state index in [4.69, 9.17) is 0 Å². The van der Waals surface area contributed by atoms with Crippen LogP contribution in [0, 0.1) is 5.92 Å². The maximum absolute atomic E-state index is 4.37. The molecule has 2 nitrogen and oxygen atoms in total. The Morgan fingerprint density at radius 3 is 2.87 bits per heavy atom. The molecule has 2 rings (SSSR count). The van der Waals surface area contributed by atoms with Crippen molar-refractivity contribution in [3.8, 4) is 0 Å². The smallest absolute Gasteiger partial charge is 0.0962 e. The molecule has 1 aliphatic carbocycles. The summed E-state index contributed by atoms with van der Waals surface area (Å²) < 4.78 is 0. The Labute approximate surface area is 95.9 Å². The molecule has 3 atom stereocenters. The molecule has 1 aromatic heterocycles. The zero-order chi connectivity index (χ0) is 10.7. The Kier molecular flexibility index (Phi) is 3.65. The summed E-state index contributed by atoms with van der Waals surface area (Å²) in [4.78, 5) is 4.37. The molecule has 0 amide bonds. The van der Waals surface area contributed by atoms with Crippen LogP contribution >= 0.6 is 11.8 Å². The largest absolute Gasteiger partial charge is 0.317 e. The predicted molar refractivity (Wildman–Crippen MR) is 65.1 cm³/mol. The molecule has 1 aromatic rings. The van der Waals surface area contributed by atoms with Gasteiger partial charge in [-0.25, -0.2) is 4.98 Å². The van der Waals surface area contributed by atoms with Gasteiger partial charge in [0, 0.05) is 17.5 Å². The summed E-state index contributed by atoms with van der Waals surface area (Å²) in [7, 11) is 2.06. The topological polar surface area (TPSA) is 24.9 Å². The average molecular weight is 222 g/mol. The van der Waals surface area contributed by atoms with E-state index >= 15 is 0 Å². The maximum Gasteiger partial charge on any atom is 0.0962 e. The van der Waals surface area contributed by atoms with Gasteiger partial charge in [-0.05, 0) is 37.9 Å². The maximum atomic E-state index is 4.37. The van der Waals surface area contributed by atoms with Gasteiger partial charge in [-0.1, -0.05) is 13.0 Å².